The molecule has 0 aromatic heterocycles. The van der Waals surface area contributed by atoms with Gasteiger partial charge in [-0.15, -0.1) is 4.79 Å². The first kappa shape index (κ1) is 38.9. The van der Waals surface area contributed by atoms with Crippen molar-refractivity contribution in [1.82, 2.24) is 0 Å². The summed E-state index contributed by atoms with van der Waals surface area (Å²) in [6.07, 6.45) is 23.2. The molecule has 0 spiro atoms. The van der Waals surface area contributed by atoms with Gasteiger partial charge in [0.1, 0.15) is 0 Å². The molecule has 0 aliphatic heterocycles. The zero-order valence-electron chi connectivity index (χ0n) is 28.3. The van der Waals surface area contributed by atoms with Crippen LogP contribution >= 0.6 is 0 Å². The fourth-order valence-corrected chi connectivity index (χ4v) is 6.39. The summed E-state index contributed by atoms with van der Waals surface area (Å²) in [6, 6.07) is 18.1. The summed E-state index contributed by atoms with van der Waals surface area (Å²) < 4.78 is 0. The van der Waals surface area contributed by atoms with Crippen LogP contribution in [0.2, 0.25) is 10.8 Å². The Balaban J connectivity index is 0.000000887. The molecule has 2 rings (SSSR count). The molecule has 0 atom stereocenters. The van der Waals surface area contributed by atoms with Crippen LogP contribution in [-0.2, 0) is 27.3 Å². The second-order valence-corrected chi connectivity index (χ2v) is 13.1. The van der Waals surface area contributed by atoms with Crippen molar-refractivity contribution in [3.8, 4) is 0 Å². The maximum absolute atomic E-state index is 9.05. The van der Waals surface area contributed by atoms with Gasteiger partial charge >= 0.3 is 64.8 Å². The second-order valence-electron chi connectivity index (χ2n) is 11.6. The van der Waals surface area contributed by atoms with E-state index >= 15 is 0 Å². The van der Waals surface area contributed by atoms with Crippen molar-refractivity contribution in [1.29, 1.82) is 0 Å². The topological polar surface area (TPSA) is 36.4 Å². The Morgan fingerprint density at radius 1 is 0.651 bits per heavy atom. The maximum atomic E-state index is 9.05. The summed E-state index contributed by atoms with van der Waals surface area (Å²) in [5, 5.41) is 2.78. The monoisotopic (exact) mass is 628 g/mol. The third-order valence-corrected chi connectivity index (χ3v) is 9.06. The van der Waals surface area contributed by atoms with Gasteiger partial charge in [-0.25, -0.2) is 0 Å². The molecule has 0 aliphatic rings. The molecule has 0 fully saturated rings. The van der Waals surface area contributed by atoms with Crippen LogP contribution < -0.4 is 0 Å². The van der Waals surface area contributed by atoms with E-state index in [1.54, 1.807) is 0 Å². The first-order valence-corrected chi connectivity index (χ1v) is 18.8. The molecule has 2 aromatic rings. The number of unbranched alkanes of at least 4 members (excludes halogenated alkanes) is 9. The second kappa shape index (κ2) is 27.4. The Hall–Kier alpha value is -2.17. The van der Waals surface area contributed by atoms with Crippen LogP contribution in [0.5, 0.6) is 0 Å². The minimum atomic E-state index is 0.938. The Labute approximate surface area is 272 Å². The van der Waals surface area contributed by atoms with Gasteiger partial charge in [-0.3, -0.25) is 0 Å². The van der Waals surface area contributed by atoms with Crippen molar-refractivity contribution >= 4 is 11.4 Å². The Kier molecular flexibility index (Phi) is 24.7. The van der Waals surface area contributed by atoms with Crippen LogP contribution in [-0.4, -0.2) is 10.7 Å². The van der Waals surface area contributed by atoms with E-state index in [2.05, 4.69) is 93.8 Å². The molecule has 0 saturated carbocycles. The van der Waals surface area contributed by atoms with Crippen LogP contribution in [0.1, 0.15) is 153 Å². The van der Waals surface area contributed by atoms with Gasteiger partial charge in [0, 0.05) is 0 Å². The molecule has 2 aromatic carbocycles. The molecule has 3 heteroatoms. The number of aryl methyl sites for hydroxylation is 2. The molecule has 242 valence electrons. The molecule has 0 saturated heterocycles. The molecule has 0 unspecified atom stereocenters. The van der Waals surface area contributed by atoms with Crippen LogP contribution in [0.4, 0.5) is 0 Å². The fourth-order valence-electron chi connectivity index (χ4n) is 4.95. The number of allylic oxidation sites excluding steroid dienone is 2. The predicted molar refractivity (Wildman–Crippen MR) is 187 cm³/mol. The average Bonchev–Trinajstić information content (AvgIpc) is 3.04. The van der Waals surface area contributed by atoms with Gasteiger partial charge in [-0.2, -0.15) is 0 Å². The Bertz CT molecular complexity index is 1070. The molecule has 2 nitrogen and oxygen atoms in total. The first-order valence-electron chi connectivity index (χ1n) is 17.4. The number of hydrogen-bond donors (Lipinski definition) is 0. The first-order chi connectivity index (χ1) is 21.1. The van der Waals surface area contributed by atoms with Crippen LogP contribution in [0.3, 0.4) is 0 Å². The zero-order valence-corrected chi connectivity index (χ0v) is 29.3. The molecule has 0 radical (unpaired) electrons. The molecule has 0 aliphatic carbocycles. The zero-order chi connectivity index (χ0) is 31.4. The van der Waals surface area contributed by atoms with Gasteiger partial charge in [0.2, 0.25) is 0 Å². The van der Waals surface area contributed by atoms with Crippen molar-refractivity contribution in [2.45, 2.75) is 155 Å². The van der Waals surface area contributed by atoms with Gasteiger partial charge in [0.05, 0.1) is 6.08 Å². The Morgan fingerprint density at radius 3 is 1.88 bits per heavy atom. The van der Waals surface area contributed by atoms with E-state index in [1.807, 2.05) is 20.5 Å². The molecule has 0 amide bonds. The van der Waals surface area contributed by atoms with E-state index in [0.29, 0.717) is 0 Å². The summed E-state index contributed by atoms with van der Waals surface area (Å²) in [5.74, 6) is 2.68. The van der Waals surface area contributed by atoms with Crippen molar-refractivity contribution in [3.63, 3.8) is 0 Å². The molecule has 0 N–H and O–H groups in total. The fraction of sp³-hybridized carbons (Fsp3) is 0.600. The number of hydrogen-bond acceptors (Lipinski definition) is 0. The van der Waals surface area contributed by atoms with E-state index in [-0.39, 0.29) is 0 Å². The minimum absolute atomic E-state index is 0.938. The van der Waals surface area contributed by atoms with Gasteiger partial charge in [-0.05, 0) is 71.9 Å². The third-order valence-electron chi connectivity index (χ3n) is 7.67. The number of nitrogens with zero attached hydrogens (tertiary/aromatic N) is 2. The van der Waals surface area contributed by atoms with Crippen molar-refractivity contribution in [3.05, 3.63) is 88.0 Å². The summed E-state index contributed by atoms with van der Waals surface area (Å²) in [5.41, 5.74) is 16.7. The van der Waals surface area contributed by atoms with Crippen molar-refractivity contribution < 1.29 is 19.2 Å². The van der Waals surface area contributed by atoms with Crippen molar-refractivity contribution in [2.75, 3.05) is 0 Å². The average molecular weight is 630 g/mol. The van der Waals surface area contributed by atoms with Gasteiger partial charge in [-0.1, -0.05) is 114 Å². The molecular formula is C40H62N2Ni. The number of rotatable bonds is 22. The summed E-state index contributed by atoms with van der Waals surface area (Å²) in [4.78, 5) is 3.15. The van der Waals surface area contributed by atoms with Gasteiger partial charge in [0.25, 0.3) is 5.87 Å². The standard InChI is InChI=1S/C32H44N2.2C4H9.Ni/c1-4-7-10-11-12-13-16-27-20-22-30(23-21-27)32(29(18-9-6-3)24-25-34-33)31-19-14-17-28(26-31)15-8-5-2;2*1-3-4-2;/h14,17,19-24,26H,4-13,15-16,18H2,1-3H3;2*1,3-4H2,2H3;. The quantitative estimate of drug-likeness (QED) is 0.0310. The Morgan fingerprint density at radius 2 is 1.26 bits per heavy atom. The molecule has 0 bridgehead atoms. The van der Waals surface area contributed by atoms with Gasteiger partial charge < -0.3 is 5.53 Å². The van der Waals surface area contributed by atoms with Crippen LogP contribution in [0.15, 0.2) is 60.2 Å². The third kappa shape index (κ3) is 18.3. The molecule has 43 heavy (non-hydrogen) atoms. The van der Waals surface area contributed by atoms with E-state index in [4.69, 9.17) is 5.53 Å². The molecule has 0 heterocycles. The summed E-state index contributed by atoms with van der Waals surface area (Å²) in [6.45, 7) is 11.2. The van der Waals surface area contributed by atoms with Crippen LogP contribution in [0, 0.1) is 0 Å². The van der Waals surface area contributed by atoms with E-state index < -0.39 is 0 Å². The SMILES string of the molecule is CCCCCCCCc1ccc(C(=C(C=C=[N+]=[N-])CCCC)c2cccc(CCCC)c2)cc1.CCC[CH2][Ni][CH2]CCC. The predicted octanol–water partition coefficient (Wildman–Crippen LogP) is 12.9. The number of benzene rings is 2. The van der Waals surface area contributed by atoms with Gasteiger partial charge in [0.15, 0.2) is 0 Å². The van der Waals surface area contributed by atoms with E-state index in [0.717, 1.165) is 32.1 Å². The summed E-state index contributed by atoms with van der Waals surface area (Å²) in [7, 11) is 0. The molecular weight excluding hydrogens is 567 g/mol. The van der Waals surface area contributed by atoms with E-state index in [9.17, 15) is 0 Å². The van der Waals surface area contributed by atoms with Crippen LogP contribution in [0.25, 0.3) is 11.1 Å². The normalized spacial score (nSPS) is 11.3. The summed E-state index contributed by atoms with van der Waals surface area (Å²) >= 11 is 1.94. The van der Waals surface area contributed by atoms with Crippen molar-refractivity contribution in [2.24, 2.45) is 0 Å². The van der Waals surface area contributed by atoms with E-state index in [1.165, 1.54) is 121 Å².